The molecule has 0 aliphatic carbocycles. The standard InChI is InChI=1S/C26H32O12/c1-13-18(28)20(30)22(32)25(35-13)38-23-21(31)19(29)17(11-27)37-26(23)36-16-9-7-14(8-10-16)12-34-24(33)15-5-3-2-4-6-15/h2-10,13,17-23,25-32H,11-12H2,1H3/t13-,17+,18-,19+,20+,21-,22+,23+,25-,26+/m0/s1. The number of aliphatic hydroxyl groups excluding tert-OH is 6. The van der Waals surface area contributed by atoms with Crippen LogP contribution in [0.3, 0.4) is 0 Å². The Bertz CT molecular complexity index is 1030. The zero-order chi connectivity index (χ0) is 27.4. The molecule has 0 saturated carbocycles. The lowest BCUT2D eigenvalue weighted by Gasteiger charge is -2.45. The van der Waals surface area contributed by atoms with Crippen LogP contribution in [0.1, 0.15) is 22.8 Å². The highest BCUT2D eigenvalue weighted by molar-refractivity contribution is 5.89. The Morgan fingerprint density at radius 3 is 2.16 bits per heavy atom. The molecule has 0 amide bonds. The van der Waals surface area contributed by atoms with Gasteiger partial charge in [-0.15, -0.1) is 0 Å². The van der Waals surface area contributed by atoms with E-state index in [4.69, 9.17) is 23.7 Å². The highest BCUT2D eigenvalue weighted by atomic mass is 16.8. The maximum atomic E-state index is 12.1. The summed E-state index contributed by atoms with van der Waals surface area (Å²) in [5.41, 5.74) is 1.10. The Balaban J connectivity index is 1.43. The summed E-state index contributed by atoms with van der Waals surface area (Å²) in [6.45, 7) is 0.856. The normalized spacial score (nSPS) is 35.4. The lowest BCUT2D eigenvalue weighted by atomic mass is 9.97. The van der Waals surface area contributed by atoms with Gasteiger partial charge in [0.05, 0.1) is 18.3 Å². The smallest absolute Gasteiger partial charge is 0.338 e. The van der Waals surface area contributed by atoms with Crippen molar-refractivity contribution in [1.82, 2.24) is 0 Å². The summed E-state index contributed by atoms with van der Waals surface area (Å²) in [6.07, 6.45) is -14.2. The van der Waals surface area contributed by atoms with Crippen molar-refractivity contribution in [1.29, 1.82) is 0 Å². The molecule has 2 aliphatic rings. The van der Waals surface area contributed by atoms with Crippen LogP contribution < -0.4 is 4.74 Å². The van der Waals surface area contributed by atoms with E-state index in [0.717, 1.165) is 0 Å². The molecule has 208 valence electrons. The molecule has 0 bridgehead atoms. The lowest BCUT2D eigenvalue weighted by Crippen LogP contribution is -2.64. The molecular weight excluding hydrogens is 504 g/mol. The van der Waals surface area contributed by atoms with Crippen LogP contribution in [0.5, 0.6) is 5.75 Å². The van der Waals surface area contributed by atoms with E-state index in [0.29, 0.717) is 11.1 Å². The number of esters is 1. The second-order valence-electron chi connectivity index (χ2n) is 9.19. The Morgan fingerprint density at radius 1 is 0.816 bits per heavy atom. The molecule has 2 saturated heterocycles. The van der Waals surface area contributed by atoms with Crippen LogP contribution in [0.4, 0.5) is 0 Å². The summed E-state index contributed by atoms with van der Waals surface area (Å²) in [5, 5.41) is 60.9. The molecule has 2 fully saturated rings. The van der Waals surface area contributed by atoms with E-state index in [1.165, 1.54) is 6.92 Å². The molecule has 0 radical (unpaired) electrons. The Morgan fingerprint density at radius 2 is 1.50 bits per heavy atom. The van der Waals surface area contributed by atoms with E-state index in [2.05, 4.69) is 0 Å². The number of carbonyl (C=O) groups is 1. The van der Waals surface area contributed by atoms with Gasteiger partial charge in [-0.25, -0.2) is 4.79 Å². The molecule has 12 nitrogen and oxygen atoms in total. The van der Waals surface area contributed by atoms with E-state index in [9.17, 15) is 35.4 Å². The molecule has 2 aromatic rings. The fourth-order valence-electron chi connectivity index (χ4n) is 4.18. The van der Waals surface area contributed by atoms with Crippen molar-refractivity contribution >= 4 is 5.97 Å². The van der Waals surface area contributed by atoms with E-state index in [-0.39, 0.29) is 12.4 Å². The fourth-order valence-corrected chi connectivity index (χ4v) is 4.18. The predicted octanol–water partition coefficient (Wildman–Crippen LogP) is -0.926. The fraction of sp³-hybridized carbons (Fsp3) is 0.500. The van der Waals surface area contributed by atoms with Gasteiger partial charge in [-0.3, -0.25) is 0 Å². The average molecular weight is 537 g/mol. The van der Waals surface area contributed by atoms with Gasteiger partial charge in [0.2, 0.25) is 6.29 Å². The Hall–Kier alpha value is -2.65. The van der Waals surface area contributed by atoms with Gasteiger partial charge < -0.3 is 54.3 Å². The molecule has 2 aromatic carbocycles. The van der Waals surface area contributed by atoms with Gasteiger partial charge in [-0.1, -0.05) is 30.3 Å². The SMILES string of the molecule is C[C@@H]1O[C@@H](O[C@H]2[C@H](Oc3ccc(COC(=O)c4ccccc4)cc3)O[C@H](CO)[C@@H](O)[C@@H]2O)[C@H](O)[C@H](O)[C@H]1O. The first kappa shape index (κ1) is 28.4. The second-order valence-corrected chi connectivity index (χ2v) is 9.19. The van der Waals surface area contributed by atoms with Crippen molar-refractivity contribution in [2.45, 2.75) is 74.9 Å². The molecule has 2 aliphatic heterocycles. The minimum atomic E-state index is -1.67. The number of aliphatic hydroxyl groups is 6. The third kappa shape index (κ3) is 6.31. The molecular formula is C26H32O12. The zero-order valence-corrected chi connectivity index (χ0v) is 20.5. The molecule has 2 heterocycles. The maximum absolute atomic E-state index is 12.1. The van der Waals surface area contributed by atoms with Crippen LogP contribution in [0.15, 0.2) is 54.6 Å². The average Bonchev–Trinajstić information content (AvgIpc) is 2.94. The topological polar surface area (TPSA) is 185 Å². The van der Waals surface area contributed by atoms with E-state index in [1.54, 1.807) is 54.6 Å². The lowest BCUT2D eigenvalue weighted by molar-refractivity contribution is -0.354. The van der Waals surface area contributed by atoms with Crippen molar-refractivity contribution in [2.75, 3.05) is 6.61 Å². The molecule has 6 N–H and O–H groups in total. The van der Waals surface area contributed by atoms with Crippen LogP contribution in [-0.2, 0) is 25.6 Å². The van der Waals surface area contributed by atoms with E-state index < -0.39 is 74.0 Å². The van der Waals surface area contributed by atoms with Gasteiger partial charge in [0.25, 0.3) is 0 Å². The van der Waals surface area contributed by atoms with Crippen molar-refractivity contribution < 1.29 is 59.1 Å². The quantitative estimate of drug-likeness (QED) is 0.228. The van der Waals surface area contributed by atoms with Gasteiger partial charge in [-0.05, 0) is 36.8 Å². The van der Waals surface area contributed by atoms with Crippen molar-refractivity contribution in [3.8, 4) is 5.75 Å². The van der Waals surface area contributed by atoms with Crippen molar-refractivity contribution in [3.05, 3.63) is 65.7 Å². The summed E-state index contributed by atoms with van der Waals surface area (Å²) in [6, 6.07) is 15.0. The Labute approximate surface area is 218 Å². The summed E-state index contributed by atoms with van der Waals surface area (Å²) in [5.74, 6) is -0.209. The minimum Gasteiger partial charge on any atom is -0.462 e. The van der Waals surface area contributed by atoms with Crippen LogP contribution in [0, 0.1) is 0 Å². The highest BCUT2D eigenvalue weighted by Gasteiger charge is 2.50. The molecule has 4 rings (SSSR count). The molecule has 0 spiro atoms. The number of benzene rings is 2. The van der Waals surface area contributed by atoms with Gasteiger partial charge in [0, 0.05) is 0 Å². The zero-order valence-electron chi connectivity index (χ0n) is 20.5. The predicted molar refractivity (Wildman–Crippen MR) is 128 cm³/mol. The largest absolute Gasteiger partial charge is 0.462 e. The van der Waals surface area contributed by atoms with Crippen LogP contribution in [0.25, 0.3) is 0 Å². The first-order valence-corrected chi connectivity index (χ1v) is 12.1. The number of ether oxygens (including phenoxy) is 5. The summed E-state index contributed by atoms with van der Waals surface area (Å²) < 4.78 is 27.9. The van der Waals surface area contributed by atoms with Crippen LogP contribution in [-0.4, -0.2) is 105 Å². The van der Waals surface area contributed by atoms with Crippen LogP contribution in [0.2, 0.25) is 0 Å². The molecule has 0 aromatic heterocycles. The summed E-state index contributed by atoms with van der Waals surface area (Å²) in [7, 11) is 0. The third-order valence-corrected chi connectivity index (χ3v) is 6.48. The Kier molecular flexibility index (Phi) is 9.31. The summed E-state index contributed by atoms with van der Waals surface area (Å²) in [4.78, 5) is 12.1. The van der Waals surface area contributed by atoms with Gasteiger partial charge >= 0.3 is 5.97 Å². The number of rotatable bonds is 8. The minimum absolute atomic E-state index is 0.0143. The third-order valence-electron chi connectivity index (χ3n) is 6.48. The first-order chi connectivity index (χ1) is 18.2. The number of hydrogen-bond donors (Lipinski definition) is 6. The monoisotopic (exact) mass is 536 g/mol. The van der Waals surface area contributed by atoms with E-state index >= 15 is 0 Å². The van der Waals surface area contributed by atoms with Gasteiger partial charge in [0.15, 0.2) is 12.4 Å². The van der Waals surface area contributed by atoms with Crippen molar-refractivity contribution in [2.24, 2.45) is 0 Å². The number of carbonyl (C=O) groups excluding carboxylic acids is 1. The molecule has 12 heteroatoms. The number of hydrogen-bond acceptors (Lipinski definition) is 12. The first-order valence-electron chi connectivity index (χ1n) is 12.1. The van der Waals surface area contributed by atoms with Gasteiger partial charge in [-0.2, -0.15) is 0 Å². The van der Waals surface area contributed by atoms with Gasteiger partial charge in [0.1, 0.15) is 49.0 Å². The molecule has 38 heavy (non-hydrogen) atoms. The molecule has 10 atom stereocenters. The molecule has 0 unspecified atom stereocenters. The van der Waals surface area contributed by atoms with Crippen LogP contribution >= 0.6 is 0 Å². The highest BCUT2D eigenvalue weighted by Crippen LogP contribution is 2.30. The van der Waals surface area contributed by atoms with Crippen molar-refractivity contribution in [3.63, 3.8) is 0 Å². The summed E-state index contributed by atoms with van der Waals surface area (Å²) >= 11 is 0. The maximum Gasteiger partial charge on any atom is 0.338 e. The second kappa shape index (κ2) is 12.5. The van der Waals surface area contributed by atoms with E-state index in [1.807, 2.05) is 0 Å².